The largest absolute Gasteiger partial charge is 0.391 e. The topological polar surface area (TPSA) is 56.3 Å². The van der Waals surface area contributed by atoms with Crippen LogP contribution in [0.3, 0.4) is 0 Å². The molecule has 4 heteroatoms. The highest BCUT2D eigenvalue weighted by atomic mass is 16.3. The summed E-state index contributed by atoms with van der Waals surface area (Å²) >= 11 is 0. The molecular formula is C17H22N2O2. The van der Waals surface area contributed by atoms with Crippen LogP contribution in [-0.4, -0.2) is 40.6 Å². The first kappa shape index (κ1) is 14.1. The maximum absolute atomic E-state index is 12.5. The summed E-state index contributed by atoms with van der Waals surface area (Å²) in [6, 6.07) is 5.74. The molecule has 1 unspecified atom stereocenters. The normalized spacial score (nSPS) is 16.2. The molecule has 1 aliphatic carbocycles. The number of aromatic nitrogens is 1. The minimum Gasteiger partial charge on any atom is -0.391 e. The van der Waals surface area contributed by atoms with Crippen LogP contribution in [0.25, 0.3) is 10.9 Å². The van der Waals surface area contributed by atoms with Gasteiger partial charge in [-0.3, -0.25) is 4.79 Å². The lowest BCUT2D eigenvalue weighted by molar-refractivity contribution is 0.0645. The van der Waals surface area contributed by atoms with Gasteiger partial charge in [0.2, 0.25) is 0 Å². The highest BCUT2D eigenvalue weighted by molar-refractivity contribution is 5.98. The van der Waals surface area contributed by atoms with Crippen molar-refractivity contribution in [2.24, 2.45) is 5.92 Å². The van der Waals surface area contributed by atoms with Crippen molar-refractivity contribution in [2.75, 3.05) is 13.6 Å². The Morgan fingerprint density at radius 3 is 2.81 bits per heavy atom. The second-order valence-electron chi connectivity index (χ2n) is 6.23. The van der Waals surface area contributed by atoms with Crippen LogP contribution >= 0.6 is 0 Å². The Labute approximate surface area is 124 Å². The van der Waals surface area contributed by atoms with Gasteiger partial charge in [0.05, 0.1) is 6.10 Å². The van der Waals surface area contributed by atoms with Crippen molar-refractivity contribution in [1.82, 2.24) is 9.88 Å². The highest BCUT2D eigenvalue weighted by Crippen LogP contribution is 2.33. The molecular weight excluding hydrogens is 264 g/mol. The zero-order chi connectivity index (χ0) is 15.1. The van der Waals surface area contributed by atoms with Gasteiger partial charge in [0, 0.05) is 35.8 Å². The van der Waals surface area contributed by atoms with Crippen LogP contribution in [0.4, 0.5) is 0 Å². The molecule has 0 spiro atoms. The number of aromatic amines is 1. The van der Waals surface area contributed by atoms with E-state index in [2.05, 4.69) is 11.9 Å². The molecule has 1 atom stereocenters. The fourth-order valence-corrected chi connectivity index (χ4v) is 2.81. The van der Waals surface area contributed by atoms with Crippen molar-refractivity contribution in [1.29, 1.82) is 0 Å². The molecule has 21 heavy (non-hydrogen) atoms. The molecule has 1 aromatic heterocycles. The van der Waals surface area contributed by atoms with E-state index in [1.807, 2.05) is 25.1 Å². The van der Waals surface area contributed by atoms with Gasteiger partial charge >= 0.3 is 0 Å². The van der Waals surface area contributed by atoms with Crippen LogP contribution in [0.15, 0.2) is 18.2 Å². The molecule has 3 rings (SSSR count). The van der Waals surface area contributed by atoms with Crippen molar-refractivity contribution in [3.8, 4) is 0 Å². The third kappa shape index (κ3) is 2.68. The van der Waals surface area contributed by atoms with Crippen molar-refractivity contribution in [3.63, 3.8) is 0 Å². The lowest BCUT2D eigenvalue weighted by Gasteiger charge is -2.20. The number of aliphatic hydroxyl groups excluding tert-OH is 1. The lowest BCUT2D eigenvalue weighted by Crippen LogP contribution is -2.35. The molecule has 0 radical (unpaired) electrons. The number of benzene rings is 1. The summed E-state index contributed by atoms with van der Waals surface area (Å²) in [5.74, 6) is 0.354. The summed E-state index contributed by atoms with van der Waals surface area (Å²) in [7, 11) is 1.76. The molecule has 112 valence electrons. The number of aliphatic hydroxyl groups is 1. The Morgan fingerprint density at radius 1 is 1.43 bits per heavy atom. The number of nitrogens with zero attached hydrogens (tertiary/aromatic N) is 1. The summed E-state index contributed by atoms with van der Waals surface area (Å²) in [5.41, 5.74) is 4.05. The minimum atomic E-state index is -0.390. The third-order valence-electron chi connectivity index (χ3n) is 4.53. The second-order valence-corrected chi connectivity index (χ2v) is 6.23. The summed E-state index contributed by atoms with van der Waals surface area (Å²) in [5, 5.41) is 11.1. The van der Waals surface area contributed by atoms with Crippen LogP contribution in [0.1, 0.15) is 34.5 Å². The van der Waals surface area contributed by atoms with Gasteiger partial charge in [0.1, 0.15) is 0 Å². The predicted molar refractivity (Wildman–Crippen MR) is 83.5 cm³/mol. The van der Waals surface area contributed by atoms with E-state index >= 15 is 0 Å². The number of amides is 1. The summed E-state index contributed by atoms with van der Waals surface area (Å²) in [4.78, 5) is 17.4. The van der Waals surface area contributed by atoms with Crippen molar-refractivity contribution in [2.45, 2.75) is 32.8 Å². The van der Waals surface area contributed by atoms with Gasteiger partial charge < -0.3 is 15.0 Å². The van der Waals surface area contributed by atoms with E-state index in [9.17, 15) is 9.90 Å². The monoisotopic (exact) mass is 286 g/mol. The summed E-state index contributed by atoms with van der Waals surface area (Å²) in [6.45, 7) is 4.50. The number of H-pyrrole nitrogens is 1. The van der Waals surface area contributed by atoms with Crippen molar-refractivity contribution < 1.29 is 9.90 Å². The lowest BCUT2D eigenvalue weighted by atomic mass is 10.1. The summed E-state index contributed by atoms with van der Waals surface area (Å²) in [6.07, 6.45) is 1.77. The molecule has 1 aromatic carbocycles. The Kier molecular flexibility index (Phi) is 3.49. The zero-order valence-corrected chi connectivity index (χ0v) is 12.8. The Bertz CT molecular complexity index is 685. The van der Waals surface area contributed by atoms with Crippen LogP contribution in [0.2, 0.25) is 0 Å². The molecule has 1 saturated carbocycles. The number of likely N-dealkylation sites (N-methyl/N-ethyl adjacent to an activating group) is 1. The van der Waals surface area contributed by atoms with E-state index in [4.69, 9.17) is 0 Å². The van der Waals surface area contributed by atoms with E-state index < -0.39 is 0 Å². The average molecular weight is 286 g/mol. The number of hydrogen-bond acceptors (Lipinski definition) is 2. The molecule has 1 amide bonds. The SMILES string of the molecule is Cc1[nH]c2ccc(C(=O)N(C)CC(O)C3CC3)cc2c1C. The first-order chi connectivity index (χ1) is 9.97. The van der Waals surface area contributed by atoms with Gasteiger partial charge in [-0.25, -0.2) is 0 Å². The van der Waals surface area contributed by atoms with E-state index in [1.54, 1.807) is 11.9 Å². The van der Waals surface area contributed by atoms with Gasteiger partial charge in [-0.2, -0.15) is 0 Å². The second kappa shape index (κ2) is 5.19. The van der Waals surface area contributed by atoms with E-state index in [0.717, 1.165) is 29.4 Å². The van der Waals surface area contributed by atoms with Gasteiger partial charge in [0.15, 0.2) is 0 Å². The molecule has 1 aliphatic rings. The average Bonchev–Trinajstić information content (AvgIpc) is 3.26. The minimum absolute atomic E-state index is 0.0325. The zero-order valence-electron chi connectivity index (χ0n) is 12.8. The van der Waals surface area contributed by atoms with E-state index in [0.29, 0.717) is 18.0 Å². The quantitative estimate of drug-likeness (QED) is 0.907. The molecule has 2 aromatic rings. The molecule has 0 saturated heterocycles. The van der Waals surface area contributed by atoms with Crippen molar-refractivity contribution in [3.05, 3.63) is 35.0 Å². The first-order valence-corrected chi connectivity index (χ1v) is 7.50. The third-order valence-corrected chi connectivity index (χ3v) is 4.53. The summed E-state index contributed by atoms with van der Waals surface area (Å²) < 4.78 is 0. The van der Waals surface area contributed by atoms with Gasteiger partial charge in [-0.05, 0) is 56.4 Å². The van der Waals surface area contributed by atoms with Gasteiger partial charge in [0.25, 0.3) is 5.91 Å². The first-order valence-electron chi connectivity index (χ1n) is 7.50. The number of aryl methyl sites for hydroxylation is 2. The fraction of sp³-hybridized carbons (Fsp3) is 0.471. The maximum atomic E-state index is 12.5. The fourth-order valence-electron chi connectivity index (χ4n) is 2.81. The number of fused-ring (bicyclic) bond motifs is 1. The number of carbonyl (C=O) groups excluding carboxylic acids is 1. The van der Waals surface area contributed by atoms with Crippen LogP contribution in [0.5, 0.6) is 0 Å². The van der Waals surface area contributed by atoms with Gasteiger partial charge in [-0.15, -0.1) is 0 Å². The number of carbonyl (C=O) groups is 1. The van der Waals surface area contributed by atoms with Crippen LogP contribution in [0, 0.1) is 19.8 Å². The van der Waals surface area contributed by atoms with Crippen molar-refractivity contribution >= 4 is 16.8 Å². The van der Waals surface area contributed by atoms with E-state index in [1.165, 1.54) is 5.56 Å². The number of nitrogens with one attached hydrogen (secondary N) is 1. The standard InChI is InChI=1S/C17H22N2O2/c1-10-11(2)18-15-7-6-13(8-14(10)15)17(21)19(3)9-16(20)12-4-5-12/h6-8,12,16,18,20H,4-5,9H2,1-3H3. The van der Waals surface area contributed by atoms with E-state index in [-0.39, 0.29) is 12.0 Å². The number of rotatable bonds is 4. The Balaban J connectivity index is 1.81. The Morgan fingerprint density at radius 2 is 2.14 bits per heavy atom. The Hall–Kier alpha value is -1.81. The molecule has 1 fully saturated rings. The van der Waals surface area contributed by atoms with Crippen LogP contribution in [-0.2, 0) is 0 Å². The highest BCUT2D eigenvalue weighted by Gasteiger charge is 2.31. The number of hydrogen-bond donors (Lipinski definition) is 2. The van der Waals surface area contributed by atoms with Gasteiger partial charge in [-0.1, -0.05) is 0 Å². The molecule has 0 bridgehead atoms. The smallest absolute Gasteiger partial charge is 0.253 e. The molecule has 0 aliphatic heterocycles. The molecule has 1 heterocycles. The predicted octanol–water partition coefficient (Wildman–Crippen LogP) is 2.63. The molecule has 4 nitrogen and oxygen atoms in total. The molecule has 2 N–H and O–H groups in total. The van der Waals surface area contributed by atoms with Crippen LogP contribution < -0.4 is 0 Å². The maximum Gasteiger partial charge on any atom is 0.253 e.